The summed E-state index contributed by atoms with van der Waals surface area (Å²) in [7, 11) is -15.9. The Kier molecular flexibility index (Phi) is 17.8. The third-order valence-electron chi connectivity index (χ3n) is 13.4. The first-order valence-electron chi connectivity index (χ1n) is 16.4. The molecular weight excluding hydrogens is 729 g/mol. The van der Waals surface area contributed by atoms with Crippen LogP contribution in [0.3, 0.4) is 0 Å². The van der Waals surface area contributed by atoms with Crippen LogP contribution in [0.15, 0.2) is 11.6 Å². The minimum absolute atomic E-state index is 0. The van der Waals surface area contributed by atoms with Crippen molar-refractivity contribution in [2.75, 3.05) is 0 Å². The second-order valence-corrected chi connectivity index (χ2v) is 19.0. The molecule has 268 valence electrons. The standard InChI is InChI=1S/C31H54O12S3.3Na/c1-18(2)29(5,6)20(4)10-9-19(3)22-11-12-23-21-15-26(41-44(32,33)34)25-16-27(42-45(35,36)37)28(43-46(38,39)40)17-31(25,8)24(21)13-14-30(22,23)7;;;/h10,18-19,21-28H,9,11-17H2,1-8H3,(H,32,33,34)(H,35,36,37)(H,38,39,40);;;/q;3*+1/p-3/b20-10+;;;/t19-,21?,22?,23?,24?,25?,26+,27+,28?,30?,31?;;;/m1.../s1. The van der Waals surface area contributed by atoms with Crippen LogP contribution in [0.4, 0.5) is 0 Å². The third-order valence-corrected chi connectivity index (χ3v) is 14.8. The molecule has 0 aromatic rings. The van der Waals surface area contributed by atoms with Crippen molar-refractivity contribution < 1.29 is 140 Å². The summed E-state index contributed by atoms with van der Waals surface area (Å²) in [5.74, 6) is 0.531. The summed E-state index contributed by atoms with van der Waals surface area (Å²) in [6.07, 6.45) is 2.08. The molecule has 18 heteroatoms. The quantitative estimate of drug-likeness (QED) is 0.0856. The molecular formula is C31H51Na3O12S3. The Morgan fingerprint density at radius 3 is 1.76 bits per heavy atom. The Bertz CT molecular complexity index is 1500. The van der Waals surface area contributed by atoms with E-state index >= 15 is 0 Å². The van der Waals surface area contributed by atoms with Crippen LogP contribution in [0.2, 0.25) is 0 Å². The van der Waals surface area contributed by atoms with E-state index in [1.807, 2.05) is 6.92 Å². The predicted octanol–water partition coefficient (Wildman–Crippen LogP) is -3.93. The average Bonchev–Trinajstić information content (AvgIpc) is 3.22. The minimum Gasteiger partial charge on any atom is -0.726 e. The van der Waals surface area contributed by atoms with Crippen LogP contribution in [0.25, 0.3) is 0 Å². The molecule has 0 N–H and O–H groups in total. The Morgan fingerprint density at radius 1 is 0.755 bits per heavy atom. The monoisotopic (exact) mass is 780 g/mol. The van der Waals surface area contributed by atoms with Crippen molar-refractivity contribution in [1.82, 2.24) is 0 Å². The molecule has 8 unspecified atom stereocenters. The average molecular weight is 781 g/mol. The fraction of sp³-hybridized carbons (Fsp3) is 0.935. The van der Waals surface area contributed by atoms with Crippen molar-refractivity contribution in [3.63, 3.8) is 0 Å². The van der Waals surface area contributed by atoms with Crippen LogP contribution in [-0.4, -0.2) is 57.2 Å². The van der Waals surface area contributed by atoms with E-state index in [1.54, 1.807) is 0 Å². The van der Waals surface area contributed by atoms with Crippen molar-refractivity contribution in [1.29, 1.82) is 0 Å². The fourth-order valence-electron chi connectivity index (χ4n) is 10.2. The molecule has 11 atom stereocenters. The molecule has 0 bridgehead atoms. The van der Waals surface area contributed by atoms with Gasteiger partial charge in [-0.1, -0.05) is 60.1 Å². The molecule has 49 heavy (non-hydrogen) atoms. The molecule has 0 aromatic carbocycles. The van der Waals surface area contributed by atoms with E-state index in [0.717, 1.165) is 32.1 Å². The van der Waals surface area contributed by atoms with E-state index in [2.05, 4.69) is 58.7 Å². The zero-order valence-corrected chi connectivity index (χ0v) is 39.6. The van der Waals surface area contributed by atoms with Gasteiger partial charge in [-0.3, -0.25) is 12.5 Å². The molecule has 12 nitrogen and oxygen atoms in total. The molecule has 4 fully saturated rings. The van der Waals surface area contributed by atoms with E-state index in [-0.39, 0.29) is 137 Å². The van der Waals surface area contributed by atoms with E-state index in [4.69, 9.17) is 8.37 Å². The fourth-order valence-corrected chi connectivity index (χ4v) is 11.8. The topological polar surface area (TPSA) is 199 Å². The number of hydrogen-bond acceptors (Lipinski definition) is 12. The van der Waals surface area contributed by atoms with Crippen LogP contribution in [0, 0.1) is 57.7 Å². The first-order valence-corrected chi connectivity index (χ1v) is 20.4. The summed E-state index contributed by atoms with van der Waals surface area (Å²) in [6, 6.07) is 0. The van der Waals surface area contributed by atoms with Gasteiger partial charge < -0.3 is 13.7 Å². The second-order valence-electron chi connectivity index (χ2n) is 16.0. The van der Waals surface area contributed by atoms with Gasteiger partial charge in [0.1, 0.15) is 12.2 Å². The van der Waals surface area contributed by atoms with Crippen LogP contribution in [0.1, 0.15) is 107 Å². The summed E-state index contributed by atoms with van der Waals surface area (Å²) in [5, 5.41) is 0. The Labute approximate surface area is 361 Å². The van der Waals surface area contributed by atoms with Gasteiger partial charge in [0.15, 0.2) is 0 Å². The largest absolute Gasteiger partial charge is 1.00 e. The third kappa shape index (κ3) is 11.2. The molecule has 0 aromatic heterocycles. The molecule has 0 saturated heterocycles. The van der Waals surface area contributed by atoms with Gasteiger partial charge in [0.2, 0.25) is 31.2 Å². The maximum Gasteiger partial charge on any atom is 1.00 e. The van der Waals surface area contributed by atoms with Crippen molar-refractivity contribution in [2.24, 2.45) is 57.7 Å². The zero-order valence-electron chi connectivity index (χ0n) is 31.1. The van der Waals surface area contributed by atoms with Gasteiger partial charge in [-0.05, 0) is 116 Å². The molecule has 0 spiro atoms. The first-order chi connectivity index (χ1) is 20.8. The van der Waals surface area contributed by atoms with Gasteiger partial charge in [-0.2, -0.15) is 0 Å². The van der Waals surface area contributed by atoms with Crippen molar-refractivity contribution in [2.45, 2.75) is 125 Å². The first kappa shape index (κ1) is 49.4. The van der Waals surface area contributed by atoms with Crippen molar-refractivity contribution in [3.05, 3.63) is 11.6 Å². The number of fused-ring (bicyclic) bond motifs is 5. The van der Waals surface area contributed by atoms with E-state index in [0.29, 0.717) is 17.8 Å². The van der Waals surface area contributed by atoms with Gasteiger partial charge in [-0.25, -0.2) is 25.3 Å². The van der Waals surface area contributed by atoms with Crippen molar-refractivity contribution in [3.8, 4) is 0 Å². The summed E-state index contributed by atoms with van der Waals surface area (Å²) in [4.78, 5) is 0. The van der Waals surface area contributed by atoms with Crippen LogP contribution in [0.5, 0.6) is 0 Å². The van der Waals surface area contributed by atoms with Gasteiger partial charge >= 0.3 is 88.7 Å². The van der Waals surface area contributed by atoms with Gasteiger partial charge in [0.25, 0.3) is 0 Å². The maximum atomic E-state index is 12.0. The minimum atomic E-state index is -5.35. The van der Waals surface area contributed by atoms with Crippen LogP contribution in [-0.2, 0) is 43.7 Å². The molecule has 4 saturated carbocycles. The van der Waals surface area contributed by atoms with Gasteiger partial charge in [0, 0.05) is 0 Å². The maximum absolute atomic E-state index is 12.0. The Hall–Kier alpha value is 2.35. The summed E-state index contributed by atoms with van der Waals surface area (Å²) >= 11 is 0. The van der Waals surface area contributed by atoms with E-state index < -0.39 is 60.8 Å². The van der Waals surface area contributed by atoms with Crippen LogP contribution < -0.4 is 88.7 Å². The van der Waals surface area contributed by atoms with Crippen LogP contribution >= 0.6 is 0 Å². The molecule has 4 rings (SSSR count). The molecule has 0 heterocycles. The number of hydrogen-bond donors (Lipinski definition) is 0. The normalized spacial score (nSPS) is 37.4. The number of rotatable bonds is 11. The molecule has 0 amide bonds. The molecule has 4 aliphatic carbocycles. The SMILES string of the molecule is C/C(=C\C[C@@H](C)C1CCC2C3C[C@H](OS(=O)(=O)[O-])C4C[C@H](OS(=O)(=O)[O-])C(OS(=O)(=O)[O-])CC4(C)C3CCC21C)C(C)(C)C(C)C.[Na+].[Na+].[Na+]. The molecule has 0 radical (unpaired) electrons. The molecule has 4 aliphatic rings. The second kappa shape index (κ2) is 17.7. The summed E-state index contributed by atoms with van der Waals surface area (Å²) in [6.45, 7) is 17.6. The Balaban J connectivity index is 0.00000400. The predicted molar refractivity (Wildman–Crippen MR) is 166 cm³/mol. The number of allylic oxidation sites excluding steroid dienone is 2. The Morgan fingerprint density at radius 2 is 1.24 bits per heavy atom. The summed E-state index contributed by atoms with van der Waals surface area (Å²) in [5.41, 5.74) is 0.474. The van der Waals surface area contributed by atoms with Gasteiger partial charge in [0.05, 0.1) is 6.10 Å². The van der Waals surface area contributed by atoms with E-state index in [1.165, 1.54) is 5.57 Å². The summed E-state index contributed by atoms with van der Waals surface area (Å²) < 4.78 is 120. The zero-order chi connectivity index (χ0) is 34.8. The van der Waals surface area contributed by atoms with Gasteiger partial charge in [-0.15, -0.1) is 0 Å². The van der Waals surface area contributed by atoms with E-state index in [9.17, 15) is 38.9 Å². The van der Waals surface area contributed by atoms with Crippen molar-refractivity contribution >= 4 is 31.2 Å². The molecule has 0 aliphatic heterocycles. The smallest absolute Gasteiger partial charge is 0.726 e.